The fourth-order valence-electron chi connectivity index (χ4n) is 1.09. The molecule has 0 saturated heterocycles. The molecule has 4 N–H and O–H groups in total. The van der Waals surface area contributed by atoms with Crippen LogP contribution < -0.4 is 11.5 Å². The molecule has 1 rings (SSSR count). The van der Waals surface area contributed by atoms with E-state index in [-0.39, 0.29) is 5.54 Å². The Labute approximate surface area is 50.2 Å². The lowest BCUT2D eigenvalue weighted by molar-refractivity contribution is 0.500. The molecule has 0 bridgehead atoms. The van der Waals surface area contributed by atoms with Crippen LogP contribution in [0.15, 0.2) is 0 Å². The van der Waals surface area contributed by atoms with Gasteiger partial charge in [-0.3, -0.25) is 0 Å². The zero-order valence-corrected chi connectivity index (χ0v) is 5.57. The summed E-state index contributed by atoms with van der Waals surface area (Å²) in [6.07, 6.45) is 1.08. The summed E-state index contributed by atoms with van der Waals surface area (Å²) >= 11 is 0. The highest BCUT2D eigenvalue weighted by Crippen LogP contribution is 2.52. The van der Waals surface area contributed by atoms with Crippen LogP contribution in [0.3, 0.4) is 0 Å². The summed E-state index contributed by atoms with van der Waals surface area (Å²) in [5, 5.41) is 0. The van der Waals surface area contributed by atoms with Crippen LogP contribution in [0, 0.1) is 5.41 Å². The Kier molecular flexibility index (Phi) is 0.946. The van der Waals surface area contributed by atoms with Gasteiger partial charge in [0.05, 0.1) is 0 Å². The largest absolute Gasteiger partial charge is 0.329 e. The molecule has 0 aromatic carbocycles. The highest BCUT2D eigenvalue weighted by atomic mass is 14.9. The molecule has 0 aliphatic heterocycles. The van der Waals surface area contributed by atoms with Crippen LogP contribution in [0.5, 0.6) is 0 Å². The molecule has 1 aliphatic rings. The first-order chi connectivity index (χ1) is 3.52. The van der Waals surface area contributed by atoms with Gasteiger partial charge in [0.1, 0.15) is 0 Å². The van der Waals surface area contributed by atoms with E-state index < -0.39 is 0 Å². The zero-order chi connectivity index (χ0) is 6.41. The maximum Gasteiger partial charge on any atom is 0.0336 e. The summed E-state index contributed by atoms with van der Waals surface area (Å²) in [5.41, 5.74) is 11.5. The zero-order valence-electron chi connectivity index (χ0n) is 5.57. The van der Waals surface area contributed by atoms with Crippen molar-refractivity contribution in [3.63, 3.8) is 0 Å². The van der Waals surface area contributed by atoms with Crippen molar-refractivity contribution in [3.8, 4) is 0 Å². The minimum Gasteiger partial charge on any atom is -0.329 e. The van der Waals surface area contributed by atoms with Gasteiger partial charge in [-0.2, -0.15) is 0 Å². The number of rotatable bonds is 1. The average Bonchev–Trinajstić information content (AvgIpc) is 2.10. The molecule has 2 nitrogen and oxygen atoms in total. The van der Waals surface area contributed by atoms with Crippen molar-refractivity contribution in [3.05, 3.63) is 0 Å². The van der Waals surface area contributed by atoms with Crippen LogP contribution in [-0.2, 0) is 0 Å². The van der Waals surface area contributed by atoms with Gasteiger partial charge in [0.15, 0.2) is 0 Å². The number of hydrogen-bond donors (Lipinski definition) is 2. The van der Waals surface area contributed by atoms with E-state index >= 15 is 0 Å². The molecule has 1 fully saturated rings. The van der Waals surface area contributed by atoms with Crippen molar-refractivity contribution < 1.29 is 0 Å². The monoisotopic (exact) mass is 114 g/mol. The van der Waals surface area contributed by atoms with Gasteiger partial charge in [-0.05, 0) is 11.8 Å². The Morgan fingerprint density at radius 1 is 1.50 bits per heavy atom. The molecule has 1 aliphatic carbocycles. The van der Waals surface area contributed by atoms with Gasteiger partial charge in [-0.15, -0.1) is 0 Å². The molecule has 2 heteroatoms. The van der Waals surface area contributed by atoms with Gasteiger partial charge in [0.2, 0.25) is 0 Å². The molecule has 8 heavy (non-hydrogen) atoms. The van der Waals surface area contributed by atoms with Crippen molar-refractivity contribution in [2.24, 2.45) is 16.9 Å². The van der Waals surface area contributed by atoms with E-state index in [2.05, 4.69) is 13.8 Å². The fourth-order valence-corrected chi connectivity index (χ4v) is 1.09. The minimum absolute atomic E-state index is 0.0347. The molecular formula is C6H14N2. The van der Waals surface area contributed by atoms with Crippen LogP contribution in [0.4, 0.5) is 0 Å². The lowest BCUT2D eigenvalue weighted by Gasteiger charge is -2.09. The van der Waals surface area contributed by atoms with Crippen LogP contribution in [0.2, 0.25) is 0 Å². The summed E-state index contributed by atoms with van der Waals surface area (Å²) in [5.74, 6) is 0. The predicted molar refractivity (Wildman–Crippen MR) is 34.4 cm³/mol. The van der Waals surface area contributed by atoms with Crippen LogP contribution in [0.1, 0.15) is 20.3 Å². The quantitative estimate of drug-likeness (QED) is 0.507. The summed E-state index contributed by atoms with van der Waals surface area (Å²) in [6.45, 7) is 4.93. The Morgan fingerprint density at radius 2 is 1.88 bits per heavy atom. The summed E-state index contributed by atoms with van der Waals surface area (Å²) < 4.78 is 0. The second kappa shape index (κ2) is 1.25. The van der Waals surface area contributed by atoms with Crippen molar-refractivity contribution in [2.75, 3.05) is 6.54 Å². The van der Waals surface area contributed by atoms with E-state index in [0.29, 0.717) is 12.0 Å². The SMILES string of the molecule is CC1(C)C[C@@]1(N)CN. The topological polar surface area (TPSA) is 52.0 Å². The van der Waals surface area contributed by atoms with Crippen molar-refractivity contribution in [1.29, 1.82) is 0 Å². The molecule has 0 radical (unpaired) electrons. The highest BCUT2D eigenvalue weighted by Gasteiger charge is 2.57. The maximum absolute atomic E-state index is 5.80. The van der Waals surface area contributed by atoms with Crippen molar-refractivity contribution >= 4 is 0 Å². The van der Waals surface area contributed by atoms with Gasteiger partial charge >= 0.3 is 0 Å². The maximum atomic E-state index is 5.80. The summed E-state index contributed by atoms with van der Waals surface area (Å²) in [6, 6.07) is 0. The second-order valence-electron chi connectivity index (χ2n) is 3.42. The third kappa shape index (κ3) is 0.565. The molecule has 0 amide bonds. The van der Waals surface area contributed by atoms with E-state index in [9.17, 15) is 0 Å². The minimum atomic E-state index is -0.0347. The van der Waals surface area contributed by atoms with Crippen molar-refractivity contribution in [2.45, 2.75) is 25.8 Å². The first-order valence-corrected chi connectivity index (χ1v) is 3.01. The third-order valence-corrected chi connectivity index (χ3v) is 2.34. The fraction of sp³-hybridized carbons (Fsp3) is 1.00. The number of nitrogens with two attached hydrogens (primary N) is 2. The van der Waals surface area contributed by atoms with E-state index in [1.165, 1.54) is 0 Å². The highest BCUT2D eigenvalue weighted by molar-refractivity contribution is 5.15. The molecule has 0 heterocycles. The smallest absolute Gasteiger partial charge is 0.0336 e. The van der Waals surface area contributed by atoms with E-state index in [1.807, 2.05) is 0 Å². The first-order valence-electron chi connectivity index (χ1n) is 3.01. The summed E-state index contributed by atoms with van der Waals surface area (Å²) in [7, 11) is 0. The van der Waals surface area contributed by atoms with Gasteiger partial charge in [-0.25, -0.2) is 0 Å². The Morgan fingerprint density at radius 3 is 1.88 bits per heavy atom. The summed E-state index contributed by atoms with van der Waals surface area (Å²) in [4.78, 5) is 0. The first kappa shape index (κ1) is 6.05. The molecule has 48 valence electrons. The van der Waals surface area contributed by atoms with Gasteiger partial charge in [0, 0.05) is 12.1 Å². The number of hydrogen-bond acceptors (Lipinski definition) is 2. The Balaban J connectivity index is 2.55. The lowest BCUT2D eigenvalue weighted by atomic mass is 10.1. The van der Waals surface area contributed by atoms with Crippen LogP contribution in [-0.4, -0.2) is 12.1 Å². The Hall–Kier alpha value is -0.0800. The lowest BCUT2D eigenvalue weighted by Crippen LogP contribution is -2.36. The molecule has 1 atom stereocenters. The van der Waals surface area contributed by atoms with Gasteiger partial charge in [0.25, 0.3) is 0 Å². The van der Waals surface area contributed by atoms with E-state index in [4.69, 9.17) is 11.5 Å². The Bertz CT molecular complexity index is 109. The third-order valence-electron chi connectivity index (χ3n) is 2.34. The molecule has 0 spiro atoms. The molecule has 0 aromatic heterocycles. The van der Waals surface area contributed by atoms with Crippen LogP contribution >= 0.6 is 0 Å². The van der Waals surface area contributed by atoms with Gasteiger partial charge in [-0.1, -0.05) is 13.8 Å². The average molecular weight is 114 g/mol. The van der Waals surface area contributed by atoms with E-state index in [0.717, 1.165) is 6.42 Å². The van der Waals surface area contributed by atoms with Gasteiger partial charge < -0.3 is 11.5 Å². The normalized spacial score (nSPS) is 42.0. The molecular weight excluding hydrogens is 100 g/mol. The van der Waals surface area contributed by atoms with E-state index in [1.54, 1.807) is 0 Å². The molecule has 0 unspecified atom stereocenters. The predicted octanol–water partition coefficient (Wildman–Crippen LogP) is 0.0725. The second-order valence-corrected chi connectivity index (χ2v) is 3.42. The molecule has 1 saturated carbocycles. The van der Waals surface area contributed by atoms with Crippen molar-refractivity contribution in [1.82, 2.24) is 0 Å². The molecule has 0 aromatic rings. The van der Waals surface area contributed by atoms with Crippen LogP contribution in [0.25, 0.3) is 0 Å². The standard InChI is InChI=1S/C6H14N2/c1-5(2)3-6(5,8)4-7/h3-4,7-8H2,1-2H3/t6-/m1/s1.